The molecule has 0 aliphatic carbocycles. The monoisotopic (exact) mass is 318 g/mol. The van der Waals surface area contributed by atoms with Crippen LogP contribution in [0.5, 0.6) is 0 Å². The van der Waals surface area contributed by atoms with Gasteiger partial charge in [0.1, 0.15) is 0 Å². The predicted octanol–water partition coefficient (Wildman–Crippen LogP) is 2.76. The second-order valence-corrected chi connectivity index (χ2v) is 7.05. The van der Waals surface area contributed by atoms with Crippen molar-refractivity contribution in [2.45, 2.75) is 12.0 Å². The largest absolute Gasteiger partial charge is 0.339 e. The van der Waals surface area contributed by atoms with Crippen molar-refractivity contribution in [1.29, 1.82) is 0 Å². The summed E-state index contributed by atoms with van der Waals surface area (Å²) in [6.45, 7) is 0. The Bertz CT molecular complexity index is 769. The van der Waals surface area contributed by atoms with E-state index in [0.29, 0.717) is 17.8 Å². The molecule has 108 valence electrons. The maximum atomic E-state index is 5.49. The first-order valence-corrected chi connectivity index (χ1v) is 8.81. The molecule has 4 rings (SSSR count). The van der Waals surface area contributed by atoms with Gasteiger partial charge in [-0.1, -0.05) is 5.16 Å². The lowest BCUT2D eigenvalue weighted by Crippen LogP contribution is -2.31. The van der Waals surface area contributed by atoms with Gasteiger partial charge < -0.3 is 9.84 Å². The number of rotatable bonds is 3. The highest BCUT2D eigenvalue weighted by Gasteiger charge is 2.32. The Labute approximate surface area is 130 Å². The van der Waals surface area contributed by atoms with E-state index in [2.05, 4.69) is 26.5 Å². The minimum atomic E-state index is 0.291. The van der Waals surface area contributed by atoms with E-state index < -0.39 is 0 Å². The van der Waals surface area contributed by atoms with Crippen molar-refractivity contribution in [2.24, 2.45) is 0 Å². The maximum absolute atomic E-state index is 5.49. The van der Waals surface area contributed by atoms with Crippen molar-refractivity contribution in [3.05, 3.63) is 29.6 Å². The number of fused-ring (bicyclic) bond motifs is 1. The number of likely N-dealkylation sites (N-methyl/N-ethyl adjacent to an activating group) is 1. The average molecular weight is 318 g/mol. The van der Waals surface area contributed by atoms with Crippen LogP contribution in [0.25, 0.3) is 21.6 Å². The Kier molecular flexibility index (Phi) is 3.40. The van der Waals surface area contributed by atoms with E-state index in [0.717, 1.165) is 33.2 Å². The lowest BCUT2D eigenvalue weighted by molar-refractivity contribution is 0.344. The third-order valence-corrected chi connectivity index (χ3v) is 5.81. The van der Waals surface area contributed by atoms with Gasteiger partial charge >= 0.3 is 0 Å². The van der Waals surface area contributed by atoms with Gasteiger partial charge in [-0.3, -0.25) is 4.98 Å². The molecule has 1 aliphatic rings. The smallest absolute Gasteiger partial charge is 0.232 e. The van der Waals surface area contributed by atoms with E-state index in [1.54, 1.807) is 11.3 Å². The van der Waals surface area contributed by atoms with Crippen molar-refractivity contribution in [2.75, 3.05) is 18.6 Å². The molecule has 4 heterocycles. The minimum absolute atomic E-state index is 0.291. The van der Waals surface area contributed by atoms with E-state index in [9.17, 15) is 0 Å². The lowest BCUT2D eigenvalue weighted by atomic mass is 10.0. The summed E-state index contributed by atoms with van der Waals surface area (Å²) < 4.78 is 6.63. The number of aromatic nitrogens is 3. The Morgan fingerprint density at radius 1 is 1.38 bits per heavy atom. The highest BCUT2D eigenvalue weighted by molar-refractivity contribution is 7.99. The van der Waals surface area contributed by atoms with Gasteiger partial charge in [-0.15, -0.1) is 11.3 Å². The van der Waals surface area contributed by atoms with Gasteiger partial charge in [0.2, 0.25) is 11.7 Å². The number of hydrogen-bond acceptors (Lipinski definition) is 7. The van der Waals surface area contributed by atoms with Crippen LogP contribution in [-0.2, 0) is 0 Å². The Balaban J connectivity index is 1.67. The van der Waals surface area contributed by atoms with Crippen LogP contribution in [0.4, 0.5) is 0 Å². The maximum Gasteiger partial charge on any atom is 0.232 e. The molecule has 7 heteroatoms. The summed E-state index contributed by atoms with van der Waals surface area (Å²) in [4.78, 5) is 9.01. The normalized spacial score (nSPS) is 22.1. The molecule has 0 amide bonds. The van der Waals surface area contributed by atoms with Crippen molar-refractivity contribution < 1.29 is 4.52 Å². The van der Waals surface area contributed by atoms with Gasteiger partial charge in [-0.25, -0.2) is 0 Å². The number of thioether (sulfide) groups is 1. The molecule has 1 N–H and O–H groups in total. The molecule has 0 aromatic carbocycles. The van der Waals surface area contributed by atoms with E-state index in [1.165, 1.54) is 0 Å². The summed E-state index contributed by atoms with van der Waals surface area (Å²) in [5, 5.41) is 9.49. The molecule has 0 spiro atoms. The Morgan fingerprint density at radius 2 is 2.33 bits per heavy atom. The zero-order chi connectivity index (χ0) is 14.2. The fraction of sp³-hybridized carbons (Fsp3) is 0.357. The zero-order valence-corrected chi connectivity index (χ0v) is 13.1. The van der Waals surface area contributed by atoms with E-state index >= 15 is 0 Å². The molecule has 2 unspecified atom stereocenters. The van der Waals surface area contributed by atoms with Gasteiger partial charge in [0.15, 0.2) is 0 Å². The molecular formula is C14H14N4OS2. The molecule has 0 radical (unpaired) electrons. The second-order valence-electron chi connectivity index (χ2n) is 5.02. The van der Waals surface area contributed by atoms with Crippen molar-refractivity contribution in [3.63, 3.8) is 0 Å². The number of thiophene rings is 1. The van der Waals surface area contributed by atoms with Crippen molar-refractivity contribution >= 4 is 33.3 Å². The van der Waals surface area contributed by atoms with Crippen molar-refractivity contribution in [3.8, 4) is 11.4 Å². The molecule has 3 aromatic rings. The summed E-state index contributed by atoms with van der Waals surface area (Å²) in [7, 11) is 1.98. The molecule has 1 saturated heterocycles. The minimum Gasteiger partial charge on any atom is -0.339 e. The van der Waals surface area contributed by atoms with Crippen LogP contribution in [0.3, 0.4) is 0 Å². The Hall–Kier alpha value is -1.44. The third kappa shape index (κ3) is 2.35. The molecular weight excluding hydrogens is 304 g/mol. The third-order valence-electron chi connectivity index (χ3n) is 3.77. The van der Waals surface area contributed by atoms with Crippen LogP contribution in [0, 0.1) is 0 Å². The molecule has 21 heavy (non-hydrogen) atoms. The SMILES string of the molecule is CNC1CSCC1c1nc(-c2cnc3ccsc3c2)no1. The molecule has 5 nitrogen and oxygen atoms in total. The second kappa shape index (κ2) is 5.40. The summed E-state index contributed by atoms with van der Waals surface area (Å²) in [5.74, 6) is 3.75. The average Bonchev–Trinajstić information content (AvgIpc) is 3.24. The van der Waals surface area contributed by atoms with Crippen LogP contribution in [0.15, 0.2) is 28.2 Å². The predicted molar refractivity (Wildman–Crippen MR) is 85.8 cm³/mol. The van der Waals surface area contributed by atoms with E-state index in [1.807, 2.05) is 36.5 Å². The standard InChI is InChI=1S/C14H14N4OS2/c1-15-11-7-20-6-9(11)14-17-13(18-19-14)8-4-12-10(16-5-8)2-3-21-12/h2-5,9,11,15H,6-7H2,1H3. The molecule has 0 bridgehead atoms. The number of nitrogens with one attached hydrogen (secondary N) is 1. The van der Waals surface area contributed by atoms with Crippen LogP contribution in [0.1, 0.15) is 11.8 Å². The van der Waals surface area contributed by atoms with E-state index in [4.69, 9.17) is 4.52 Å². The van der Waals surface area contributed by atoms with Gasteiger partial charge in [-0.05, 0) is 24.6 Å². The lowest BCUT2D eigenvalue weighted by Gasteiger charge is -2.13. The molecule has 2 atom stereocenters. The zero-order valence-electron chi connectivity index (χ0n) is 11.4. The number of hydrogen-bond donors (Lipinski definition) is 1. The Morgan fingerprint density at radius 3 is 3.24 bits per heavy atom. The number of nitrogens with zero attached hydrogens (tertiary/aromatic N) is 3. The first-order valence-electron chi connectivity index (χ1n) is 6.77. The number of pyridine rings is 1. The molecule has 1 fully saturated rings. The summed E-state index contributed by atoms with van der Waals surface area (Å²) in [5.41, 5.74) is 1.92. The van der Waals surface area contributed by atoms with Gasteiger partial charge in [0.05, 0.1) is 16.1 Å². The highest BCUT2D eigenvalue weighted by atomic mass is 32.2. The first-order chi connectivity index (χ1) is 10.3. The summed E-state index contributed by atoms with van der Waals surface area (Å²) >= 11 is 3.59. The van der Waals surface area contributed by atoms with E-state index in [-0.39, 0.29) is 0 Å². The van der Waals surface area contributed by atoms with Crippen molar-refractivity contribution in [1.82, 2.24) is 20.4 Å². The molecule has 3 aromatic heterocycles. The van der Waals surface area contributed by atoms with Gasteiger partial charge in [0.25, 0.3) is 0 Å². The van der Waals surface area contributed by atoms with Crippen LogP contribution in [-0.4, -0.2) is 39.7 Å². The quantitative estimate of drug-likeness (QED) is 0.801. The fourth-order valence-corrected chi connectivity index (χ4v) is 4.75. The van der Waals surface area contributed by atoms with Crippen LogP contribution < -0.4 is 5.32 Å². The first kappa shape index (κ1) is 13.2. The fourth-order valence-electron chi connectivity index (χ4n) is 2.55. The van der Waals surface area contributed by atoms with Gasteiger partial charge in [0, 0.05) is 29.3 Å². The van der Waals surface area contributed by atoms with Crippen LogP contribution >= 0.6 is 23.1 Å². The molecule has 0 saturated carbocycles. The van der Waals surface area contributed by atoms with Gasteiger partial charge in [-0.2, -0.15) is 16.7 Å². The summed E-state index contributed by atoms with van der Waals surface area (Å²) in [6, 6.07) is 4.49. The molecule has 1 aliphatic heterocycles. The summed E-state index contributed by atoms with van der Waals surface area (Å²) in [6.07, 6.45) is 1.81. The van der Waals surface area contributed by atoms with Crippen LogP contribution in [0.2, 0.25) is 0 Å². The highest BCUT2D eigenvalue weighted by Crippen LogP contribution is 2.33. The topological polar surface area (TPSA) is 63.8 Å².